The van der Waals surface area contributed by atoms with Gasteiger partial charge in [-0.05, 0) is 52.7 Å². The first-order valence-corrected chi connectivity index (χ1v) is 8.74. The number of thioether (sulfide) groups is 1. The summed E-state index contributed by atoms with van der Waals surface area (Å²) in [5.74, 6) is 0.238. The molecule has 0 spiro atoms. The van der Waals surface area contributed by atoms with Gasteiger partial charge in [0.05, 0.1) is 11.4 Å². The van der Waals surface area contributed by atoms with Crippen LogP contribution in [0, 0.1) is 0 Å². The monoisotopic (exact) mass is 355 g/mol. The molecule has 0 radical (unpaired) electrons. The van der Waals surface area contributed by atoms with Crippen molar-refractivity contribution < 1.29 is 9.90 Å². The van der Waals surface area contributed by atoms with Gasteiger partial charge in [-0.1, -0.05) is 36.9 Å². The van der Waals surface area contributed by atoms with Crippen LogP contribution in [-0.2, 0) is 11.2 Å². The molecule has 0 aliphatic rings. The molecule has 1 heterocycles. The largest absolute Gasteiger partial charge is 0.508 e. The molecule has 0 aliphatic heterocycles. The maximum Gasteiger partial charge on any atom is 0.234 e. The van der Waals surface area contributed by atoms with Crippen LogP contribution in [-0.4, -0.2) is 37.0 Å². The third-order valence-corrected chi connectivity index (χ3v) is 4.46. The van der Waals surface area contributed by atoms with E-state index in [0.717, 1.165) is 17.7 Å². The number of nitrogens with one attached hydrogen (secondary N) is 1. The first kappa shape index (κ1) is 17.0. The van der Waals surface area contributed by atoms with E-state index in [1.165, 1.54) is 16.4 Å². The average molecular weight is 355 g/mol. The summed E-state index contributed by atoms with van der Waals surface area (Å²) in [7, 11) is 0. The number of rotatable bonds is 6. The number of benzene rings is 2. The lowest BCUT2D eigenvalue weighted by Gasteiger charge is -2.09. The molecule has 8 heteroatoms. The Kier molecular flexibility index (Phi) is 5.30. The van der Waals surface area contributed by atoms with Crippen LogP contribution in [0.5, 0.6) is 5.75 Å². The van der Waals surface area contributed by atoms with E-state index in [1.807, 2.05) is 31.2 Å². The van der Waals surface area contributed by atoms with Gasteiger partial charge in [0.2, 0.25) is 11.1 Å². The number of hydrogen-bond donors (Lipinski definition) is 2. The second-order valence-electron chi connectivity index (χ2n) is 5.24. The molecule has 128 valence electrons. The molecule has 3 aromatic rings. The Hall–Kier alpha value is -2.87. The van der Waals surface area contributed by atoms with Crippen molar-refractivity contribution in [3.8, 4) is 11.4 Å². The highest BCUT2D eigenvalue weighted by molar-refractivity contribution is 7.99. The summed E-state index contributed by atoms with van der Waals surface area (Å²) < 4.78 is 1.53. The van der Waals surface area contributed by atoms with Gasteiger partial charge < -0.3 is 10.4 Å². The standard InChI is InChI=1S/C17H17N5O2S/c1-2-12-5-3-4-6-15(12)18-16(24)11-25-17-19-20-21-22(17)13-7-9-14(23)10-8-13/h3-10,23H,2,11H2,1H3,(H,18,24). The van der Waals surface area contributed by atoms with Crippen molar-refractivity contribution in [2.24, 2.45) is 0 Å². The van der Waals surface area contributed by atoms with Crippen molar-refractivity contribution in [3.63, 3.8) is 0 Å². The molecular weight excluding hydrogens is 338 g/mol. The Morgan fingerprint density at radius 2 is 1.96 bits per heavy atom. The number of phenolic OH excluding ortho intramolecular Hbond substituents is 1. The Bertz CT molecular complexity index is 863. The van der Waals surface area contributed by atoms with E-state index in [4.69, 9.17) is 0 Å². The van der Waals surface area contributed by atoms with Gasteiger partial charge in [-0.3, -0.25) is 4.79 Å². The number of aromatic nitrogens is 4. The lowest BCUT2D eigenvalue weighted by molar-refractivity contribution is -0.113. The van der Waals surface area contributed by atoms with Crippen LogP contribution < -0.4 is 5.32 Å². The van der Waals surface area contributed by atoms with Gasteiger partial charge in [0.1, 0.15) is 5.75 Å². The number of anilines is 1. The molecule has 1 amide bonds. The highest BCUT2D eigenvalue weighted by atomic mass is 32.2. The van der Waals surface area contributed by atoms with Gasteiger partial charge in [0.15, 0.2) is 0 Å². The molecule has 7 nitrogen and oxygen atoms in total. The van der Waals surface area contributed by atoms with E-state index in [0.29, 0.717) is 10.8 Å². The Labute approximate surface area is 149 Å². The zero-order valence-electron chi connectivity index (χ0n) is 13.6. The molecular formula is C17H17N5O2S. The van der Waals surface area contributed by atoms with E-state index in [2.05, 4.69) is 20.8 Å². The fourth-order valence-electron chi connectivity index (χ4n) is 2.29. The molecule has 2 N–H and O–H groups in total. The third-order valence-electron chi connectivity index (χ3n) is 3.54. The highest BCUT2D eigenvalue weighted by Gasteiger charge is 2.12. The molecule has 0 bridgehead atoms. The molecule has 3 rings (SSSR count). The Balaban J connectivity index is 1.65. The zero-order chi connectivity index (χ0) is 17.6. The Morgan fingerprint density at radius 1 is 1.20 bits per heavy atom. The van der Waals surface area contributed by atoms with Crippen LogP contribution in [0.3, 0.4) is 0 Å². The van der Waals surface area contributed by atoms with Crippen LogP contribution in [0.1, 0.15) is 12.5 Å². The quantitative estimate of drug-likeness (QED) is 0.660. The SMILES string of the molecule is CCc1ccccc1NC(=O)CSc1nnnn1-c1ccc(O)cc1. The third kappa shape index (κ3) is 4.16. The fraction of sp³-hybridized carbons (Fsp3) is 0.176. The summed E-state index contributed by atoms with van der Waals surface area (Å²) in [4.78, 5) is 12.2. The van der Waals surface area contributed by atoms with Gasteiger partial charge in [0, 0.05) is 5.69 Å². The second-order valence-corrected chi connectivity index (χ2v) is 6.18. The Morgan fingerprint density at radius 3 is 2.72 bits per heavy atom. The number of phenols is 1. The van der Waals surface area contributed by atoms with Crippen LogP contribution in [0.4, 0.5) is 5.69 Å². The maximum absolute atomic E-state index is 12.2. The number of amides is 1. The molecule has 0 saturated heterocycles. The molecule has 0 atom stereocenters. The number of hydrogen-bond acceptors (Lipinski definition) is 6. The van der Waals surface area contributed by atoms with Gasteiger partial charge in [-0.15, -0.1) is 5.10 Å². The van der Waals surface area contributed by atoms with E-state index in [-0.39, 0.29) is 17.4 Å². The summed E-state index contributed by atoms with van der Waals surface area (Å²) in [5, 5.41) is 24.3. The van der Waals surface area contributed by atoms with Crippen molar-refractivity contribution in [1.29, 1.82) is 0 Å². The molecule has 0 fully saturated rings. The lowest BCUT2D eigenvalue weighted by atomic mass is 10.1. The molecule has 1 aromatic heterocycles. The number of nitrogens with zero attached hydrogens (tertiary/aromatic N) is 4. The van der Waals surface area contributed by atoms with Crippen LogP contribution in [0.2, 0.25) is 0 Å². The fourth-order valence-corrected chi connectivity index (χ4v) is 2.98. The van der Waals surface area contributed by atoms with Crippen molar-refractivity contribution >= 4 is 23.4 Å². The van der Waals surface area contributed by atoms with E-state index < -0.39 is 0 Å². The molecule has 25 heavy (non-hydrogen) atoms. The first-order valence-electron chi connectivity index (χ1n) is 7.75. The summed E-state index contributed by atoms with van der Waals surface area (Å²) >= 11 is 1.25. The van der Waals surface area contributed by atoms with E-state index in [1.54, 1.807) is 24.3 Å². The van der Waals surface area contributed by atoms with Gasteiger partial charge in [-0.2, -0.15) is 4.68 Å². The minimum absolute atomic E-state index is 0.119. The first-order chi connectivity index (χ1) is 12.2. The van der Waals surface area contributed by atoms with E-state index >= 15 is 0 Å². The number of aromatic hydroxyl groups is 1. The number of carbonyl (C=O) groups excluding carboxylic acids is 1. The smallest absolute Gasteiger partial charge is 0.234 e. The summed E-state index contributed by atoms with van der Waals surface area (Å²) in [6, 6.07) is 14.2. The zero-order valence-corrected chi connectivity index (χ0v) is 14.4. The topological polar surface area (TPSA) is 92.9 Å². The highest BCUT2D eigenvalue weighted by Crippen LogP contribution is 2.21. The molecule has 0 aliphatic carbocycles. The number of aryl methyl sites for hydroxylation is 1. The minimum atomic E-state index is -0.119. The van der Waals surface area contributed by atoms with Gasteiger partial charge in [-0.25, -0.2) is 0 Å². The van der Waals surface area contributed by atoms with Crippen molar-refractivity contribution in [3.05, 3.63) is 54.1 Å². The van der Waals surface area contributed by atoms with Crippen molar-refractivity contribution in [1.82, 2.24) is 20.2 Å². The number of carbonyl (C=O) groups is 1. The van der Waals surface area contributed by atoms with E-state index in [9.17, 15) is 9.90 Å². The predicted molar refractivity (Wildman–Crippen MR) is 96.0 cm³/mol. The molecule has 0 unspecified atom stereocenters. The molecule has 0 saturated carbocycles. The van der Waals surface area contributed by atoms with Crippen LogP contribution in [0.15, 0.2) is 53.7 Å². The number of tetrazole rings is 1. The van der Waals surface area contributed by atoms with Crippen LogP contribution >= 0.6 is 11.8 Å². The lowest BCUT2D eigenvalue weighted by Crippen LogP contribution is -2.15. The number of para-hydroxylation sites is 1. The second kappa shape index (κ2) is 7.80. The van der Waals surface area contributed by atoms with Gasteiger partial charge >= 0.3 is 0 Å². The summed E-state index contributed by atoms with van der Waals surface area (Å²) in [6.45, 7) is 2.05. The van der Waals surface area contributed by atoms with Crippen LogP contribution in [0.25, 0.3) is 5.69 Å². The van der Waals surface area contributed by atoms with Crippen molar-refractivity contribution in [2.45, 2.75) is 18.5 Å². The summed E-state index contributed by atoms with van der Waals surface area (Å²) in [6.07, 6.45) is 0.850. The predicted octanol–water partition coefficient (Wildman–Crippen LogP) is 2.66. The summed E-state index contributed by atoms with van der Waals surface area (Å²) in [5.41, 5.74) is 2.63. The van der Waals surface area contributed by atoms with Crippen molar-refractivity contribution in [2.75, 3.05) is 11.1 Å². The normalized spacial score (nSPS) is 10.6. The minimum Gasteiger partial charge on any atom is -0.508 e. The maximum atomic E-state index is 12.2. The average Bonchev–Trinajstić information content (AvgIpc) is 3.09. The van der Waals surface area contributed by atoms with Gasteiger partial charge in [0.25, 0.3) is 0 Å². The molecule has 2 aromatic carbocycles.